The number of carbonyl (C=O) groups excluding carboxylic acids is 1. The van der Waals surface area contributed by atoms with Gasteiger partial charge in [-0.05, 0) is 53.9 Å². The molecule has 1 saturated heterocycles. The van der Waals surface area contributed by atoms with Gasteiger partial charge in [0.1, 0.15) is 17.6 Å². The van der Waals surface area contributed by atoms with E-state index in [4.69, 9.17) is 9.84 Å². The third-order valence-electron chi connectivity index (χ3n) is 3.37. The van der Waals surface area contributed by atoms with E-state index in [1.807, 2.05) is 0 Å². The van der Waals surface area contributed by atoms with Gasteiger partial charge in [0.05, 0.1) is 4.47 Å². The molecule has 0 saturated carbocycles. The standard InChI is InChI=1S/C14H15BrFNO4/c1-8(21-12-5-4-9(16)7-10(12)15)13(18)17-6-2-3-11(17)14(19)20/h4-5,7-8,11H,2-3,6H2,1H3,(H,19,20)/t8?,11-/m0/s1. The van der Waals surface area contributed by atoms with E-state index >= 15 is 0 Å². The molecule has 1 aromatic rings. The van der Waals surface area contributed by atoms with Crippen molar-refractivity contribution in [3.8, 4) is 5.75 Å². The minimum absolute atomic E-state index is 0.336. The van der Waals surface area contributed by atoms with Crippen molar-refractivity contribution in [2.24, 2.45) is 0 Å². The smallest absolute Gasteiger partial charge is 0.326 e. The summed E-state index contributed by atoms with van der Waals surface area (Å²) in [5.41, 5.74) is 0. The van der Waals surface area contributed by atoms with Crippen LogP contribution in [-0.2, 0) is 9.59 Å². The Labute approximate surface area is 129 Å². The van der Waals surface area contributed by atoms with Gasteiger partial charge in [-0.3, -0.25) is 4.79 Å². The first-order chi connectivity index (χ1) is 9.90. The van der Waals surface area contributed by atoms with Crippen molar-refractivity contribution >= 4 is 27.8 Å². The highest BCUT2D eigenvalue weighted by molar-refractivity contribution is 9.10. The molecule has 0 aromatic heterocycles. The second-order valence-electron chi connectivity index (χ2n) is 4.86. The Kier molecular flexibility index (Phi) is 4.82. The number of nitrogens with zero attached hydrogens (tertiary/aromatic N) is 1. The average molecular weight is 360 g/mol. The van der Waals surface area contributed by atoms with Crippen LogP contribution in [0.4, 0.5) is 4.39 Å². The Balaban J connectivity index is 2.07. The van der Waals surface area contributed by atoms with Crippen molar-refractivity contribution in [2.75, 3.05) is 6.54 Å². The van der Waals surface area contributed by atoms with Crippen LogP contribution in [0.2, 0.25) is 0 Å². The maximum Gasteiger partial charge on any atom is 0.326 e. The average Bonchev–Trinajstić information content (AvgIpc) is 2.90. The maximum absolute atomic E-state index is 13.0. The first-order valence-corrected chi connectivity index (χ1v) is 7.34. The number of hydrogen-bond donors (Lipinski definition) is 1. The second-order valence-corrected chi connectivity index (χ2v) is 5.72. The van der Waals surface area contributed by atoms with Gasteiger partial charge in [-0.25, -0.2) is 9.18 Å². The summed E-state index contributed by atoms with van der Waals surface area (Å²) < 4.78 is 18.9. The summed E-state index contributed by atoms with van der Waals surface area (Å²) in [6.07, 6.45) is 0.274. The van der Waals surface area contributed by atoms with E-state index in [0.29, 0.717) is 29.6 Å². The molecule has 114 valence electrons. The van der Waals surface area contributed by atoms with Gasteiger partial charge in [0.25, 0.3) is 5.91 Å². The van der Waals surface area contributed by atoms with Crippen molar-refractivity contribution in [3.63, 3.8) is 0 Å². The summed E-state index contributed by atoms with van der Waals surface area (Å²) in [4.78, 5) is 24.7. The predicted octanol–water partition coefficient (Wildman–Crippen LogP) is 2.43. The minimum atomic E-state index is -1.00. The number of carboxylic acid groups (broad SMARTS) is 1. The van der Waals surface area contributed by atoms with Crippen LogP contribution < -0.4 is 4.74 Å². The lowest BCUT2D eigenvalue weighted by atomic mass is 10.2. The predicted molar refractivity (Wildman–Crippen MR) is 76.6 cm³/mol. The van der Waals surface area contributed by atoms with E-state index in [2.05, 4.69) is 15.9 Å². The largest absolute Gasteiger partial charge is 0.480 e. The summed E-state index contributed by atoms with van der Waals surface area (Å²) in [7, 11) is 0. The van der Waals surface area contributed by atoms with Crippen LogP contribution in [0.25, 0.3) is 0 Å². The van der Waals surface area contributed by atoms with Gasteiger partial charge in [-0.2, -0.15) is 0 Å². The lowest BCUT2D eigenvalue weighted by molar-refractivity contribution is -0.150. The Bertz CT molecular complexity index is 566. The van der Waals surface area contributed by atoms with Crippen LogP contribution in [0.15, 0.2) is 22.7 Å². The highest BCUT2D eigenvalue weighted by Crippen LogP contribution is 2.27. The molecule has 1 aromatic carbocycles. The maximum atomic E-state index is 13.0. The molecule has 7 heteroatoms. The van der Waals surface area contributed by atoms with Crippen molar-refractivity contribution in [1.29, 1.82) is 0 Å². The zero-order valence-electron chi connectivity index (χ0n) is 11.4. The molecule has 0 radical (unpaired) electrons. The highest BCUT2D eigenvalue weighted by Gasteiger charge is 2.36. The van der Waals surface area contributed by atoms with Crippen LogP contribution in [0, 0.1) is 5.82 Å². The van der Waals surface area contributed by atoms with Gasteiger partial charge in [0.15, 0.2) is 6.10 Å². The van der Waals surface area contributed by atoms with Crippen molar-refractivity contribution in [1.82, 2.24) is 4.90 Å². The van der Waals surface area contributed by atoms with Crippen molar-refractivity contribution in [3.05, 3.63) is 28.5 Å². The summed E-state index contributed by atoms with van der Waals surface area (Å²) in [6.45, 7) is 1.96. The van der Waals surface area contributed by atoms with E-state index in [-0.39, 0.29) is 5.91 Å². The van der Waals surface area contributed by atoms with Gasteiger partial charge < -0.3 is 14.7 Å². The lowest BCUT2D eigenvalue weighted by Crippen LogP contribution is -2.46. The van der Waals surface area contributed by atoms with E-state index in [9.17, 15) is 14.0 Å². The molecule has 1 aliphatic rings. The zero-order chi connectivity index (χ0) is 15.6. The monoisotopic (exact) mass is 359 g/mol. The van der Waals surface area contributed by atoms with Crippen molar-refractivity contribution in [2.45, 2.75) is 31.9 Å². The molecule has 0 spiro atoms. The van der Waals surface area contributed by atoms with Crippen LogP contribution in [0.1, 0.15) is 19.8 Å². The number of hydrogen-bond acceptors (Lipinski definition) is 3. The summed E-state index contributed by atoms with van der Waals surface area (Å²) in [6, 6.07) is 3.09. The molecule has 0 aliphatic carbocycles. The molecule has 2 atom stereocenters. The number of ether oxygens (including phenoxy) is 1. The lowest BCUT2D eigenvalue weighted by Gasteiger charge is -2.25. The Morgan fingerprint density at radius 1 is 1.52 bits per heavy atom. The first kappa shape index (κ1) is 15.8. The Morgan fingerprint density at radius 3 is 2.86 bits per heavy atom. The minimum Gasteiger partial charge on any atom is -0.480 e. The van der Waals surface area contributed by atoms with E-state index in [1.54, 1.807) is 6.92 Å². The van der Waals surface area contributed by atoms with E-state index < -0.39 is 23.9 Å². The van der Waals surface area contributed by atoms with Crippen LogP contribution in [-0.4, -0.2) is 40.6 Å². The van der Waals surface area contributed by atoms with Crippen LogP contribution >= 0.6 is 15.9 Å². The number of benzene rings is 1. The third kappa shape index (κ3) is 3.53. The molecular weight excluding hydrogens is 345 g/mol. The number of amides is 1. The fraction of sp³-hybridized carbons (Fsp3) is 0.429. The normalized spacial score (nSPS) is 19.4. The number of halogens is 2. The molecule has 2 rings (SSSR count). The molecule has 0 bridgehead atoms. The van der Waals surface area contributed by atoms with Crippen LogP contribution in [0.3, 0.4) is 0 Å². The quantitative estimate of drug-likeness (QED) is 0.896. The number of carbonyl (C=O) groups is 2. The van der Waals surface area contributed by atoms with Gasteiger partial charge in [0.2, 0.25) is 0 Å². The number of aliphatic carboxylic acids is 1. The fourth-order valence-corrected chi connectivity index (χ4v) is 2.78. The summed E-state index contributed by atoms with van der Waals surface area (Å²) >= 11 is 3.16. The van der Waals surface area contributed by atoms with E-state index in [0.717, 1.165) is 0 Å². The molecule has 1 heterocycles. The zero-order valence-corrected chi connectivity index (χ0v) is 13.0. The fourth-order valence-electron chi connectivity index (χ4n) is 2.33. The first-order valence-electron chi connectivity index (χ1n) is 6.55. The molecule has 1 fully saturated rings. The Morgan fingerprint density at radius 2 is 2.24 bits per heavy atom. The summed E-state index contributed by atoms with van der Waals surface area (Å²) in [5.74, 6) is -1.46. The molecule has 1 amide bonds. The van der Waals surface area contributed by atoms with Crippen LogP contribution in [0.5, 0.6) is 5.75 Å². The van der Waals surface area contributed by atoms with Gasteiger partial charge in [0, 0.05) is 6.54 Å². The molecule has 5 nitrogen and oxygen atoms in total. The molecule has 1 aliphatic heterocycles. The number of rotatable bonds is 4. The topological polar surface area (TPSA) is 66.8 Å². The van der Waals surface area contributed by atoms with Crippen molar-refractivity contribution < 1.29 is 23.8 Å². The second kappa shape index (κ2) is 6.43. The molecule has 1 N–H and O–H groups in total. The van der Waals surface area contributed by atoms with Gasteiger partial charge in [-0.15, -0.1) is 0 Å². The number of likely N-dealkylation sites (tertiary alicyclic amines) is 1. The van der Waals surface area contributed by atoms with Gasteiger partial charge >= 0.3 is 5.97 Å². The highest BCUT2D eigenvalue weighted by atomic mass is 79.9. The van der Waals surface area contributed by atoms with Gasteiger partial charge in [-0.1, -0.05) is 0 Å². The third-order valence-corrected chi connectivity index (χ3v) is 3.99. The SMILES string of the molecule is CC(Oc1ccc(F)cc1Br)C(=O)N1CCC[C@H]1C(=O)O. The Hall–Kier alpha value is -1.63. The summed E-state index contributed by atoms with van der Waals surface area (Å²) in [5, 5.41) is 9.09. The number of carboxylic acids is 1. The molecule has 1 unspecified atom stereocenters. The molecule has 21 heavy (non-hydrogen) atoms. The molecular formula is C14H15BrFNO4. The van der Waals surface area contributed by atoms with E-state index in [1.165, 1.54) is 23.1 Å².